The minimum Gasteiger partial charge on any atom is -0.452 e. The van der Waals surface area contributed by atoms with Gasteiger partial charge in [0.25, 0.3) is 0 Å². The number of nitrogens with one attached hydrogen (secondary N) is 1. The lowest BCUT2D eigenvalue weighted by Gasteiger charge is -2.15. The highest BCUT2D eigenvalue weighted by molar-refractivity contribution is 8.00. The zero-order valence-corrected chi connectivity index (χ0v) is 21.0. The Labute approximate surface area is 225 Å². The van der Waals surface area contributed by atoms with Gasteiger partial charge in [0, 0.05) is 40.5 Å². The van der Waals surface area contributed by atoms with E-state index in [1.807, 2.05) is 0 Å². The minimum atomic E-state index is -4.85. The van der Waals surface area contributed by atoms with Crippen LogP contribution in [0, 0.1) is 17.5 Å². The van der Waals surface area contributed by atoms with Crippen molar-refractivity contribution in [2.45, 2.75) is 11.1 Å². The quantitative estimate of drug-likeness (QED) is 0.155. The molecule has 5 aromatic rings. The number of halogens is 6. The molecule has 0 saturated heterocycles. The average Bonchev–Trinajstić information content (AvgIpc) is 3.43. The SMILES string of the molecule is Fc1cc(SNc2cscn2)c(F)cc1Oc1cnc(-c2ccc(C(F)(F)F)c(F)c2)cc1-c1cccnc1. The molecule has 0 fully saturated rings. The fraction of sp³-hybridized carbons (Fsp3) is 0.0385. The number of rotatable bonds is 7. The number of thiazole rings is 1. The maximum Gasteiger partial charge on any atom is 0.419 e. The molecule has 0 aliphatic carbocycles. The Morgan fingerprint density at radius 3 is 2.38 bits per heavy atom. The third-order valence-electron chi connectivity index (χ3n) is 5.31. The van der Waals surface area contributed by atoms with Crippen molar-refractivity contribution in [2.75, 3.05) is 4.72 Å². The molecule has 3 aromatic heterocycles. The van der Waals surface area contributed by atoms with Gasteiger partial charge in [-0.2, -0.15) is 13.2 Å². The monoisotopic (exact) mass is 576 g/mol. The van der Waals surface area contributed by atoms with Gasteiger partial charge in [-0.3, -0.25) is 9.97 Å². The maximum absolute atomic E-state index is 14.9. The first-order valence-electron chi connectivity index (χ1n) is 10.9. The molecule has 0 atom stereocenters. The summed E-state index contributed by atoms with van der Waals surface area (Å²) in [5, 5.41) is 1.70. The number of benzene rings is 2. The number of ether oxygens (including phenoxy) is 1. The minimum absolute atomic E-state index is 0.0124. The molecule has 0 spiro atoms. The van der Waals surface area contributed by atoms with Crippen molar-refractivity contribution in [3.8, 4) is 33.9 Å². The highest BCUT2D eigenvalue weighted by Crippen LogP contribution is 2.39. The lowest BCUT2D eigenvalue weighted by Crippen LogP contribution is -2.08. The summed E-state index contributed by atoms with van der Waals surface area (Å²) in [7, 11) is 0. The van der Waals surface area contributed by atoms with Crippen molar-refractivity contribution in [3.05, 3.63) is 101 Å². The van der Waals surface area contributed by atoms with Gasteiger partial charge >= 0.3 is 6.18 Å². The van der Waals surface area contributed by atoms with Crippen LogP contribution in [0.25, 0.3) is 22.4 Å². The first-order valence-corrected chi connectivity index (χ1v) is 12.7. The van der Waals surface area contributed by atoms with E-state index in [0.29, 0.717) is 23.0 Å². The van der Waals surface area contributed by atoms with E-state index in [1.165, 1.54) is 36.0 Å². The molecule has 1 N–H and O–H groups in total. The predicted molar refractivity (Wildman–Crippen MR) is 136 cm³/mol. The summed E-state index contributed by atoms with van der Waals surface area (Å²) < 4.78 is 91.3. The number of aromatic nitrogens is 3. The second-order valence-electron chi connectivity index (χ2n) is 7.89. The molecule has 198 valence electrons. The summed E-state index contributed by atoms with van der Waals surface area (Å²) >= 11 is 2.18. The predicted octanol–water partition coefficient (Wildman–Crippen LogP) is 8.61. The summed E-state index contributed by atoms with van der Waals surface area (Å²) in [6, 6.07) is 9.01. The third kappa shape index (κ3) is 5.99. The molecule has 5 nitrogen and oxygen atoms in total. The topological polar surface area (TPSA) is 59.9 Å². The Hall–Kier alpha value is -4.10. The molecule has 13 heteroatoms. The fourth-order valence-corrected chi connectivity index (χ4v) is 4.69. The first-order chi connectivity index (χ1) is 18.7. The maximum atomic E-state index is 14.9. The molecule has 0 aliphatic rings. The fourth-order valence-electron chi connectivity index (χ4n) is 3.49. The molecule has 0 unspecified atom stereocenters. The van der Waals surface area contributed by atoms with Gasteiger partial charge in [-0.1, -0.05) is 12.1 Å². The number of nitrogens with zero attached hydrogens (tertiary/aromatic N) is 3. The molecule has 0 amide bonds. The van der Waals surface area contributed by atoms with Crippen LogP contribution in [0.1, 0.15) is 5.56 Å². The highest BCUT2D eigenvalue weighted by atomic mass is 32.2. The Morgan fingerprint density at radius 1 is 0.846 bits per heavy atom. The van der Waals surface area contributed by atoms with E-state index in [2.05, 4.69) is 19.7 Å². The molecule has 3 heterocycles. The van der Waals surface area contributed by atoms with Crippen LogP contribution < -0.4 is 9.46 Å². The largest absolute Gasteiger partial charge is 0.452 e. The molecule has 2 aromatic carbocycles. The third-order valence-corrected chi connectivity index (χ3v) is 6.74. The summed E-state index contributed by atoms with van der Waals surface area (Å²) in [6.07, 6.45) is -0.668. The summed E-state index contributed by atoms with van der Waals surface area (Å²) in [6.45, 7) is 0. The summed E-state index contributed by atoms with van der Waals surface area (Å²) in [5.41, 5.74) is 1.19. The highest BCUT2D eigenvalue weighted by Gasteiger charge is 2.34. The van der Waals surface area contributed by atoms with Crippen molar-refractivity contribution in [1.82, 2.24) is 15.0 Å². The van der Waals surface area contributed by atoms with Crippen molar-refractivity contribution >= 4 is 29.1 Å². The van der Waals surface area contributed by atoms with Gasteiger partial charge in [-0.15, -0.1) is 11.3 Å². The molecule has 0 radical (unpaired) electrons. The van der Waals surface area contributed by atoms with Crippen molar-refractivity contribution < 1.29 is 31.1 Å². The molecular weight excluding hydrogens is 562 g/mol. The van der Waals surface area contributed by atoms with Crippen molar-refractivity contribution in [1.29, 1.82) is 0 Å². The number of pyridine rings is 2. The Bertz CT molecular complexity index is 1620. The summed E-state index contributed by atoms with van der Waals surface area (Å²) in [4.78, 5) is 12.2. The van der Waals surface area contributed by atoms with Crippen LogP contribution in [0.15, 0.2) is 82.9 Å². The Morgan fingerprint density at radius 2 is 1.69 bits per heavy atom. The molecule has 39 heavy (non-hydrogen) atoms. The van der Waals surface area contributed by atoms with Gasteiger partial charge in [0.2, 0.25) is 0 Å². The second-order valence-corrected chi connectivity index (χ2v) is 9.46. The smallest absolute Gasteiger partial charge is 0.419 e. The summed E-state index contributed by atoms with van der Waals surface area (Å²) in [5.74, 6) is -2.99. The van der Waals surface area contributed by atoms with Crippen molar-refractivity contribution in [3.63, 3.8) is 0 Å². The van der Waals surface area contributed by atoms with Crippen LogP contribution >= 0.6 is 23.3 Å². The average molecular weight is 577 g/mol. The number of hydrogen-bond acceptors (Lipinski definition) is 7. The lowest BCUT2D eigenvalue weighted by atomic mass is 10.0. The normalized spacial score (nSPS) is 11.4. The Balaban J connectivity index is 1.48. The van der Waals surface area contributed by atoms with E-state index in [0.717, 1.165) is 36.2 Å². The van der Waals surface area contributed by atoms with Crippen LogP contribution in [-0.4, -0.2) is 15.0 Å². The second kappa shape index (κ2) is 10.9. The van der Waals surface area contributed by atoms with Gasteiger partial charge in [0.1, 0.15) is 17.5 Å². The van der Waals surface area contributed by atoms with Gasteiger partial charge in [-0.05, 0) is 42.3 Å². The molecular formula is C26H14F6N4OS2. The molecule has 5 rings (SSSR count). The zero-order chi connectivity index (χ0) is 27.6. The van der Waals surface area contributed by atoms with Crippen LogP contribution in [-0.2, 0) is 6.18 Å². The van der Waals surface area contributed by atoms with Gasteiger partial charge in [0.05, 0.1) is 27.9 Å². The van der Waals surface area contributed by atoms with E-state index in [1.54, 1.807) is 23.0 Å². The molecule has 0 bridgehead atoms. The van der Waals surface area contributed by atoms with E-state index < -0.39 is 34.9 Å². The van der Waals surface area contributed by atoms with Gasteiger partial charge in [0.15, 0.2) is 17.3 Å². The van der Waals surface area contributed by atoms with E-state index in [4.69, 9.17) is 4.74 Å². The number of hydrogen-bond donors (Lipinski definition) is 1. The van der Waals surface area contributed by atoms with Gasteiger partial charge < -0.3 is 9.46 Å². The molecule has 0 aliphatic heterocycles. The molecule has 0 saturated carbocycles. The van der Waals surface area contributed by atoms with E-state index in [-0.39, 0.29) is 21.9 Å². The van der Waals surface area contributed by atoms with Crippen molar-refractivity contribution in [2.24, 2.45) is 0 Å². The lowest BCUT2D eigenvalue weighted by molar-refractivity contribution is -0.139. The Kier molecular flexibility index (Phi) is 7.44. The van der Waals surface area contributed by atoms with E-state index in [9.17, 15) is 26.3 Å². The van der Waals surface area contributed by atoms with Crippen LogP contribution in [0.3, 0.4) is 0 Å². The first kappa shape index (κ1) is 26.5. The van der Waals surface area contributed by atoms with Gasteiger partial charge in [-0.25, -0.2) is 18.2 Å². The van der Waals surface area contributed by atoms with E-state index >= 15 is 0 Å². The zero-order valence-electron chi connectivity index (χ0n) is 19.3. The van der Waals surface area contributed by atoms with Crippen LogP contribution in [0.2, 0.25) is 0 Å². The van der Waals surface area contributed by atoms with Crippen LogP contribution in [0.4, 0.5) is 32.2 Å². The number of anilines is 1. The standard InChI is InChI=1S/C26H14F6N4OS2/c27-18-6-14(3-4-17(18)26(30,31)32)21-7-16(15-2-1-5-33-10-15)23(11-34-21)37-22-8-20(29)24(9-19(22)28)39-36-25-12-38-13-35-25/h1-13,36H. The van der Waals surface area contributed by atoms with Crippen LogP contribution in [0.5, 0.6) is 11.5 Å². The number of alkyl halides is 3.